The Hall–Kier alpha value is -2.36. The summed E-state index contributed by atoms with van der Waals surface area (Å²) in [6.45, 7) is 1.97. The quantitative estimate of drug-likeness (QED) is 0.619. The molecule has 0 unspecified atom stereocenters. The molecule has 120 valence electrons. The van der Waals surface area contributed by atoms with Gasteiger partial charge in [0.1, 0.15) is 22.6 Å². The van der Waals surface area contributed by atoms with Crippen molar-refractivity contribution in [1.29, 1.82) is 5.26 Å². The van der Waals surface area contributed by atoms with Crippen molar-refractivity contribution in [2.24, 2.45) is 0 Å². The highest BCUT2D eigenvalue weighted by atomic mass is 32.2. The van der Waals surface area contributed by atoms with Crippen molar-refractivity contribution in [1.82, 2.24) is 4.98 Å². The third-order valence-corrected chi connectivity index (χ3v) is 5.88. The highest BCUT2D eigenvalue weighted by Crippen LogP contribution is 2.41. The fourth-order valence-corrected chi connectivity index (χ4v) is 4.32. The van der Waals surface area contributed by atoms with Crippen LogP contribution in [0.1, 0.15) is 10.4 Å². The third kappa shape index (κ3) is 3.28. The van der Waals surface area contributed by atoms with Crippen LogP contribution in [0.2, 0.25) is 0 Å². The first-order chi connectivity index (χ1) is 11.6. The third-order valence-electron chi connectivity index (χ3n) is 3.57. The summed E-state index contributed by atoms with van der Waals surface area (Å²) in [6.07, 6.45) is 3.74. The number of thiophene rings is 1. The molecule has 2 heterocycles. The number of benzene rings is 1. The second-order valence-corrected chi connectivity index (χ2v) is 7.19. The first-order valence-corrected chi connectivity index (χ1v) is 9.23. The molecular weight excluding hydrogens is 341 g/mol. The van der Waals surface area contributed by atoms with Crippen molar-refractivity contribution in [2.75, 3.05) is 11.6 Å². The highest BCUT2D eigenvalue weighted by molar-refractivity contribution is 8.00. The van der Waals surface area contributed by atoms with Crippen molar-refractivity contribution in [3.63, 3.8) is 0 Å². The maximum atomic E-state index is 13.0. The largest absolute Gasteiger partial charge is 0.340 e. The molecular formula is C18H14FN3S2. The number of halogens is 1. The number of nitrogens with zero attached hydrogens (tertiary/aromatic N) is 2. The van der Waals surface area contributed by atoms with Crippen molar-refractivity contribution < 1.29 is 4.39 Å². The topological polar surface area (TPSA) is 48.7 Å². The molecule has 0 aliphatic rings. The standard InChI is InChI=1S/C18H14FN3S2/c1-11-15(10-20)24-18(23-2)17(11)12-7-8-21-16(9-12)22-14-5-3-13(19)4-6-14/h3-9H,1-2H3,(H,21,22). The molecule has 0 atom stereocenters. The smallest absolute Gasteiger partial charge is 0.130 e. The molecule has 0 radical (unpaired) electrons. The van der Waals surface area contributed by atoms with Crippen LogP contribution in [0, 0.1) is 24.1 Å². The molecule has 0 saturated carbocycles. The van der Waals surface area contributed by atoms with Gasteiger partial charge in [-0.1, -0.05) is 0 Å². The number of pyridine rings is 1. The summed E-state index contributed by atoms with van der Waals surface area (Å²) in [7, 11) is 0. The number of anilines is 2. The number of rotatable bonds is 4. The zero-order valence-corrected chi connectivity index (χ0v) is 14.8. The number of nitriles is 1. The summed E-state index contributed by atoms with van der Waals surface area (Å²) in [5.41, 5.74) is 3.85. The Labute approximate surface area is 148 Å². The second kappa shape index (κ2) is 7.04. The Morgan fingerprint density at radius 2 is 2.00 bits per heavy atom. The van der Waals surface area contributed by atoms with Crippen LogP contribution < -0.4 is 5.32 Å². The van der Waals surface area contributed by atoms with E-state index in [0.29, 0.717) is 5.82 Å². The van der Waals surface area contributed by atoms with Gasteiger partial charge < -0.3 is 5.32 Å². The molecule has 24 heavy (non-hydrogen) atoms. The molecule has 0 amide bonds. The summed E-state index contributed by atoms with van der Waals surface area (Å²) in [6, 6.07) is 12.3. The van der Waals surface area contributed by atoms with Gasteiger partial charge in [-0.2, -0.15) is 5.26 Å². The molecule has 3 nitrogen and oxygen atoms in total. The lowest BCUT2D eigenvalue weighted by atomic mass is 10.1. The minimum absolute atomic E-state index is 0.273. The summed E-state index contributed by atoms with van der Waals surface area (Å²) in [4.78, 5) is 5.06. The Kier molecular flexibility index (Phi) is 4.84. The van der Waals surface area contributed by atoms with Crippen molar-refractivity contribution in [3.8, 4) is 17.2 Å². The van der Waals surface area contributed by atoms with Crippen LogP contribution in [0.25, 0.3) is 11.1 Å². The first-order valence-electron chi connectivity index (χ1n) is 7.19. The molecule has 0 aliphatic carbocycles. The zero-order chi connectivity index (χ0) is 17.1. The van der Waals surface area contributed by atoms with E-state index in [1.807, 2.05) is 25.3 Å². The van der Waals surface area contributed by atoms with E-state index in [1.165, 1.54) is 23.5 Å². The lowest BCUT2D eigenvalue weighted by Gasteiger charge is -2.09. The van der Waals surface area contributed by atoms with Gasteiger partial charge in [0, 0.05) is 17.4 Å². The summed E-state index contributed by atoms with van der Waals surface area (Å²) in [5.74, 6) is 0.403. The second-order valence-electron chi connectivity index (χ2n) is 5.10. The highest BCUT2D eigenvalue weighted by Gasteiger charge is 2.16. The molecule has 0 saturated heterocycles. The number of hydrogen-bond donors (Lipinski definition) is 1. The molecule has 2 aromatic heterocycles. The lowest BCUT2D eigenvalue weighted by Crippen LogP contribution is -1.94. The van der Waals surface area contributed by atoms with Gasteiger partial charge in [-0.05, 0) is 60.7 Å². The van der Waals surface area contributed by atoms with E-state index in [4.69, 9.17) is 0 Å². The number of hydrogen-bond acceptors (Lipinski definition) is 5. The van der Waals surface area contributed by atoms with Gasteiger partial charge in [-0.3, -0.25) is 0 Å². The van der Waals surface area contributed by atoms with E-state index >= 15 is 0 Å². The normalized spacial score (nSPS) is 10.4. The Balaban J connectivity index is 1.98. The summed E-state index contributed by atoms with van der Waals surface area (Å²) in [5, 5.41) is 12.4. The molecule has 0 aliphatic heterocycles. The number of thioether (sulfide) groups is 1. The number of aromatic nitrogens is 1. The maximum Gasteiger partial charge on any atom is 0.130 e. The Morgan fingerprint density at radius 1 is 1.25 bits per heavy atom. The van der Waals surface area contributed by atoms with E-state index in [2.05, 4.69) is 16.4 Å². The zero-order valence-electron chi connectivity index (χ0n) is 13.1. The molecule has 0 fully saturated rings. The van der Waals surface area contributed by atoms with Gasteiger partial charge in [0.2, 0.25) is 0 Å². The minimum atomic E-state index is -0.273. The van der Waals surface area contributed by atoms with Crippen molar-refractivity contribution in [2.45, 2.75) is 11.1 Å². The van der Waals surface area contributed by atoms with Gasteiger partial charge >= 0.3 is 0 Å². The maximum absolute atomic E-state index is 13.0. The molecule has 6 heteroatoms. The molecule has 1 N–H and O–H groups in total. The average molecular weight is 355 g/mol. The van der Waals surface area contributed by atoms with Gasteiger partial charge in [-0.15, -0.1) is 23.1 Å². The van der Waals surface area contributed by atoms with Crippen LogP contribution >= 0.6 is 23.1 Å². The predicted molar refractivity (Wildman–Crippen MR) is 98.5 cm³/mol. The summed E-state index contributed by atoms with van der Waals surface area (Å²) >= 11 is 3.15. The predicted octanol–water partition coefficient (Wildman–Crippen LogP) is 5.59. The van der Waals surface area contributed by atoms with Crippen molar-refractivity contribution in [3.05, 3.63) is 58.9 Å². The molecule has 0 spiro atoms. The van der Waals surface area contributed by atoms with Crippen LogP contribution in [-0.2, 0) is 0 Å². The van der Waals surface area contributed by atoms with E-state index in [9.17, 15) is 9.65 Å². The van der Waals surface area contributed by atoms with Crippen LogP contribution in [-0.4, -0.2) is 11.2 Å². The van der Waals surface area contributed by atoms with E-state index in [0.717, 1.165) is 31.5 Å². The van der Waals surface area contributed by atoms with E-state index in [-0.39, 0.29) is 5.82 Å². The Morgan fingerprint density at radius 3 is 2.67 bits per heavy atom. The Bertz CT molecular complexity index is 911. The molecule has 1 aromatic carbocycles. The molecule has 3 rings (SSSR count). The van der Waals surface area contributed by atoms with Gasteiger partial charge in [0.25, 0.3) is 0 Å². The lowest BCUT2D eigenvalue weighted by molar-refractivity contribution is 0.628. The SMILES string of the molecule is CSc1sc(C#N)c(C)c1-c1ccnc(Nc2ccc(F)cc2)c1. The van der Waals surface area contributed by atoms with E-state index < -0.39 is 0 Å². The van der Waals surface area contributed by atoms with Gasteiger partial charge in [0.15, 0.2) is 0 Å². The van der Waals surface area contributed by atoms with Gasteiger partial charge in [0.05, 0.1) is 4.21 Å². The molecule has 0 bridgehead atoms. The van der Waals surface area contributed by atoms with Crippen LogP contribution in [0.4, 0.5) is 15.9 Å². The number of nitrogens with one attached hydrogen (secondary N) is 1. The van der Waals surface area contributed by atoms with Crippen LogP contribution in [0.3, 0.4) is 0 Å². The fourth-order valence-electron chi connectivity index (χ4n) is 2.41. The average Bonchev–Trinajstić information content (AvgIpc) is 2.93. The molecule has 3 aromatic rings. The van der Waals surface area contributed by atoms with Crippen LogP contribution in [0.5, 0.6) is 0 Å². The van der Waals surface area contributed by atoms with Gasteiger partial charge in [-0.25, -0.2) is 9.37 Å². The van der Waals surface area contributed by atoms with Crippen LogP contribution in [0.15, 0.2) is 46.8 Å². The monoisotopic (exact) mass is 355 g/mol. The summed E-state index contributed by atoms with van der Waals surface area (Å²) < 4.78 is 14.1. The minimum Gasteiger partial charge on any atom is -0.340 e. The fraction of sp³-hybridized carbons (Fsp3) is 0.111. The first kappa shape index (κ1) is 16.5. The van der Waals surface area contributed by atoms with E-state index in [1.54, 1.807) is 30.1 Å². The van der Waals surface area contributed by atoms with Crippen molar-refractivity contribution >= 4 is 34.6 Å².